The molecule has 3 aromatic rings. The topological polar surface area (TPSA) is 82.6 Å². The number of para-hydroxylation sites is 1. The van der Waals surface area contributed by atoms with Crippen LogP contribution in [0.5, 0.6) is 0 Å². The van der Waals surface area contributed by atoms with Crippen molar-refractivity contribution in [1.29, 1.82) is 0 Å². The van der Waals surface area contributed by atoms with Crippen molar-refractivity contribution in [2.24, 2.45) is 0 Å². The Kier molecular flexibility index (Phi) is 6.01. The van der Waals surface area contributed by atoms with Crippen molar-refractivity contribution in [3.05, 3.63) is 84.1 Å². The lowest BCUT2D eigenvalue weighted by Crippen LogP contribution is -2.49. The molecular weight excluding hydrogens is 412 g/mol. The molecule has 0 unspecified atom stereocenters. The monoisotopic (exact) mass is 436 g/mol. The summed E-state index contributed by atoms with van der Waals surface area (Å²) >= 11 is 0. The van der Waals surface area contributed by atoms with Crippen LogP contribution in [0.25, 0.3) is 0 Å². The van der Waals surface area contributed by atoms with E-state index >= 15 is 0 Å². The SMILES string of the molecule is Cc1ccc(C(=O)Nc2ccccc2)cc1S(=O)(=O)N1CCN(c2ccccn2)CC1. The van der Waals surface area contributed by atoms with E-state index in [2.05, 4.69) is 15.2 Å². The van der Waals surface area contributed by atoms with Crippen molar-refractivity contribution in [3.63, 3.8) is 0 Å². The maximum atomic E-state index is 13.3. The number of nitrogens with zero attached hydrogens (tertiary/aromatic N) is 3. The van der Waals surface area contributed by atoms with Crippen LogP contribution in [0, 0.1) is 6.92 Å². The van der Waals surface area contributed by atoms with Gasteiger partial charge >= 0.3 is 0 Å². The smallest absolute Gasteiger partial charge is 0.255 e. The van der Waals surface area contributed by atoms with E-state index in [9.17, 15) is 13.2 Å². The number of aryl methyl sites for hydroxylation is 1. The molecule has 1 amide bonds. The summed E-state index contributed by atoms with van der Waals surface area (Å²) in [5.41, 5.74) is 1.58. The van der Waals surface area contributed by atoms with Crippen molar-refractivity contribution >= 4 is 27.4 Å². The quantitative estimate of drug-likeness (QED) is 0.664. The molecule has 0 aliphatic carbocycles. The number of anilines is 2. The van der Waals surface area contributed by atoms with E-state index in [4.69, 9.17) is 0 Å². The van der Waals surface area contributed by atoms with Crippen molar-refractivity contribution in [1.82, 2.24) is 9.29 Å². The van der Waals surface area contributed by atoms with E-state index in [0.29, 0.717) is 43.0 Å². The maximum absolute atomic E-state index is 13.3. The van der Waals surface area contributed by atoms with Gasteiger partial charge in [-0.25, -0.2) is 13.4 Å². The predicted octanol–water partition coefficient (Wildman–Crippen LogP) is 3.15. The summed E-state index contributed by atoms with van der Waals surface area (Å²) in [6.07, 6.45) is 1.73. The van der Waals surface area contributed by atoms with E-state index in [0.717, 1.165) is 5.82 Å². The fourth-order valence-electron chi connectivity index (χ4n) is 3.58. The summed E-state index contributed by atoms with van der Waals surface area (Å²) in [5.74, 6) is 0.498. The van der Waals surface area contributed by atoms with Gasteiger partial charge in [0.2, 0.25) is 10.0 Å². The number of benzene rings is 2. The first-order chi connectivity index (χ1) is 14.9. The van der Waals surface area contributed by atoms with Crippen LogP contribution in [0.15, 0.2) is 77.8 Å². The molecule has 31 heavy (non-hydrogen) atoms. The first kappa shape index (κ1) is 21.0. The number of hydrogen-bond acceptors (Lipinski definition) is 5. The summed E-state index contributed by atoms with van der Waals surface area (Å²) in [6, 6.07) is 19.6. The highest BCUT2D eigenvalue weighted by atomic mass is 32.2. The van der Waals surface area contributed by atoms with Crippen molar-refractivity contribution < 1.29 is 13.2 Å². The van der Waals surface area contributed by atoms with Crippen LogP contribution in [-0.2, 0) is 10.0 Å². The fourth-order valence-corrected chi connectivity index (χ4v) is 5.25. The van der Waals surface area contributed by atoms with E-state index in [1.165, 1.54) is 10.4 Å². The number of sulfonamides is 1. The van der Waals surface area contributed by atoms with Gasteiger partial charge in [0.15, 0.2) is 0 Å². The Morgan fingerprint density at radius 3 is 2.32 bits per heavy atom. The van der Waals surface area contributed by atoms with Crippen LogP contribution >= 0.6 is 0 Å². The van der Waals surface area contributed by atoms with Crippen LogP contribution in [0.2, 0.25) is 0 Å². The summed E-state index contributed by atoms with van der Waals surface area (Å²) in [4.78, 5) is 19.2. The highest BCUT2D eigenvalue weighted by Crippen LogP contribution is 2.24. The Labute approximate surface area is 182 Å². The van der Waals surface area contributed by atoms with Gasteiger partial charge in [-0.05, 0) is 48.9 Å². The molecule has 0 radical (unpaired) electrons. The lowest BCUT2D eigenvalue weighted by molar-refractivity contribution is 0.102. The molecule has 2 heterocycles. The summed E-state index contributed by atoms with van der Waals surface area (Å²) in [5, 5.41) is 2.80. The summed E-state index contributed by atoms with van der Waals surface area (Å²) in [6.45, 7) is 3.58. The number of piperazine rings is 1. The first-order valence-electron chi connectivity index (χ1n) is 10.1. The number of nitrogens with one attached hydrogen (secondary N) is 1. The van der Waals surface area contributed by atoms with Crippen LogP contribution in [-0.4, -0.2) is 49.8 Å². The molecule has 2 aromatic carbocycles. The Bertz CT molecular complexity index is 1160. The molecule has 4 rings (SSSR count). The summed E-state index contributed by atoms with van der Waals surface area (Å²) < 4.78 is 28.2. The number of aromatic nitrogens is 1. The van der Waals surface area contributed by atoms with Gasteiger partial charge in [-0.1, -0.05) is 30.3 Å². The van der Waals surface area contributed by atoms with E-state index in [1.54, 1.807) is 37.4 Å². The van der Waals surface area contributed by atoms with Crippen LogP contribution in [0.4, 0.5) is 11.5 Å². The Morgan fingerprint density at radius 2 is 1.65 bits per heavy atom. The maximum Gasteiger partial charge on any atom is 0.255 e. The second-order valence-electron chi connectivity index (χ2n) is 7.38. The molecule has 1 aliphatic heterocycles. The van der Waals surface area contributed by atoms with Gasteiger partial charge in [0, 0.05) is 43.6 Å². The third kappa shape index (κ3) is 4.60. The van der Waals surface area contributed by atoms with Gasteiger partial charge in [-0.2, -0.15) is 4.31 Å². The fraction of sp³-hybridized carbons (Fsp3) is 0.217. The molecule has 0 saturated carbocycles. The third-order valence-electron chi connectivity index (χ3n) is 5.31. The zero-order chi connectivity index (χ0) is 21.8. The number of rotatable bonds is 5. The molecule has 1 N–H and O–H groups in total. The molecule has 1 fully saturated rings. The highest BCUT2D eigenvalue weighted by Gasteiger charge is 2.30. The number of pyridine rings is 1. The molecule has 160 valence electrons. The first-order valence-corrected chi connectivity index (χ1v) is 11.5. The average Bonchev–Trinajstić information content (AvgIpc) is 2.80. The highest BCUT2D eigenvalue weighted by molar-refractivity contribution is 7.89. The number of hydrogen-bond donors (Lipinski definition) is 1. The average molecular weight is 437 g/mol. The van der Waals surface area contributed by atoms with Crippen molar-refractivity contribution in [2.75, 3.05) is 36.4 Å². The molecular formula is C23H24N4O3S. The van der Waals surface area contributed by atoms with Crippen LogP contribution in [0.1, 0.15) is 15.9 Å². The van der Waals surface area contributed by atoms with Gasteiger partial charge in [-0.3, -0.25) is 4.79 Å². The van der Waals surface area contributed by atoms with Crippen molar-refractivity contribution in [2.45, 2.75) is 11.8 Å². The standard InChI is InChI=1S/C23H24N4O3S/c1-18-10-11-19(23(28)25-20-7-3-2-4-8-20)17-21(18)31(29,30)27-15-13-26(14-16-27)22-9-5-6-12-24-22/h2-12,17H,13-16H2,1H3,(H,25,28). The lowest BCUT2D eigenvalue weighted by atomic mass is 10.1. The minimum Gasteiger partial charge on any atom is -0.354 e. The van der Waals surface area contributed by atoms with Crippen molar-refractivity contribution in [3.8, 4) is 0 Å². The molecule has 8 heteroatoms. The number of carbonyl (C=O) groups excluding carboxylic acids is 1. The lowest BCUT2D eigenvalue weighted by Gasteiger charge is -2.34. The van der Waals surface area contributed by atoms with Gasteiger partial charge < -0.3 is 10.2 Å². The predicted molar refractivity (Wildman–Crippen MR) is 121 cm³/mol. The van der Waals surface area contributed by atoms with E-state index in [-0.39, 0.29) is 10.8 Å². The van der Waals surface area contributed by atoms with Gasteiger partial charge in [-0.15, -0.1) is 0 Å². The molecule has 1 aromatic heterocycles. The molecule has 7 nitrogen and oxygen atoms in total. The second kappa shape index (κ2) is 8.87. The number of carbonyl (C=O) groups is 1. The summed E-state index contributed by atoms with van der Waals surface area (Å²) in [7, 11) is -3.72. The zero-order valence-corrected chi connectivity index (χ0v) is 18.0. The Hall–Kier alpha value is -3.23. The van der Waals surface area contributed by atoms with Crippen LogP contribution in [0.3, 0.4) is 0 Å². The van der Waals surface area contributed by atoms with Gasteiger partial charge in [0.1, 0.15) is 5.82 Å². The zero-order valence-electron chi connectivity index (χ0n) is 17.2. The van der Waals surface area contributed by atoms with Gasteiger partial charge in [0.05, 0.1) is 4.90 Å². The molecule has 0 spiro atoms. The Morgan fingerprint density at radius 1 is 0.935 bits per heavy atom. The third-order valence-corrected chi connectivity index (χ3v) is 7.35. The van der Waals surface area contributed by atoms with E-state index in [1.807, 2.05) is 36.4 Å². The number of amides is 1. The molecule has 0 bridgehead atoms. The minimum absolute atomic E-state index is 0.166. The molecule has 1 saturated heterocycles. The van der Waals surface area contributed by atoms with Gasteiger partial charge in [0.25, 0.3) is 5.91 Å². The van der Waals surface area contributed by atoms with Crippen LogP contribution < -0.4 is 10.2 Å². The largest absolute Gasteiger partial charge is 0.354 e. The Balaban J connectivity index is 1.51. The molecule has 0 atom stereocenters. The van der Waals surface area contributed by atoms with E-state index < -0.39 is 10.0 Å². The minimum atomic E-state index is -3.72. The normalized spacial score (nSPS) is 14.9. The second-order valence-corrected chi connectivity index (χ2v) is 9.29. The molecule has 1 aliphatic rings.